The van der Waals surface area contributed by atoms with Gasteiger partial charge in [0.2, 0.25) is 11.8 Å². The molecule has 1 N–H and O–H groups in total. The highest BCUT2D eigenvalue weighted by Crippen LogP contribution is 2.41. The van der Waals surface area contributed by atoms with Gasteiger partial charge >= 0.3 is 0 Å². The van der Waals surface area contributed by atoms with Crippen molar-refractivity contribution in [3.05, 3.63) is 0 Å². The van der Waals surface area contributed by atoms with E-state index >= 15 is 0 Å². The summed E-state index contributed by atoms with van der Waals surface area (Å²) in [4.78, 5) is 26.5. The average Bonchev–Trinajstić information content (AvgIpc) is 3.19. The second kappa shape index (κ2) is 5.84. The van der Waals surface area contributed by atoms with Crippen LogP contribution in [0, 0.1) is 5.92 Å². The highest BCUT2D eigenvalue weighted by atomic mass is 32.2. The van der Waals surface area contributed by atoms with Crippen LogP contribution in [0.3, 0.4) is 0 Å². The normalized spacial score (nSPS) is 30.6. The van der Waals surface area contributed by atoms with Crippen LogP contribution in [0.5, 0.6) is 0 Å². The Morgan fingerprint density at radius 2 is 2.10 bits per heavy atom. The van der Waals surface area contributed by atoms with Crippen LogP contribution in [0.15, 0.2) is 0 Å². The maximum absolute atomic E-state index is 12.8. The highest BCUT2D eigenvalue weighted by Gasteiger charge is 2.51. The van der Waals surface area contributed by atoms with Gasteiger partial charge in [0.1, 0.15) is 5.54 Å². The minimum Gasteiger partial charge on any atom is -0.342 e. The van der Waals surface area contributed by atoms with Crippen LogP contribution in [0.25, 0.3) is 0 Å². The zero-order valence-electron chi connectivity index (χ0n) is 12.5. The number of carbonyl (C=O) groups excluding carboxylic acids is 2. The van der Waals surface area contributed by atoms with Crippen molar-refractivity contribution >= 4 is 22.6 Å². The van der Waals surface area contributed by atoms with Crippen LogP contribution >= 0.6 is 0 Å². The summed E-state index contributed by atoms with van der Waals surface area (Å²) in [6.45, 7) is 4.30. The zero-order valence-corrected chi connectivity index (χ0v) is 13.3. The van der Waals surface area contributed by atoms with Crippen molar-refractivity contribution in [3.8, 4) is 0 Å². The molecule has 0 radical (unpaired) electrons. The molecule has 2 amide bonds. The number of nitrogens with one attached hydrogen (secondary N) is 1. The van der Waals surface area contributed by atoms with E-state index < -0.39 is 16.3 Å². The molecule has 1 saturated heterocycles. The molecule has 1 heterocycles. The van der Waals surface area contributed by atoms with Gasteiger partial charge in [-0.05, 0) is 39.0 Å². The molecule has 2 aliphatic rings. The molecule has 0 aromatic heterocycles. The van der Waals surface area contributed by atoms with Gasteiger partial charge in [0.05, 0.1) is 0 Å². The molecule has 3 unspecified atom stereocenters. The predicted octanol–water partition coefficient (Wildman–Crippen LogP) is 0.661. The Bertz CT molecular complexity index is 436. The number of nitrogens with zero attached hydrogens (tertiary/aromatic N) is 1. The van der Waals surface area contributed by atoms with Gasteiger partial charge < -0.3 is 10.2 Å². The SMILES string of the molecule is CC(CCS(C)=O)N1CCC(=O)NC(C)(C2CC2)C1=O. The van der Waals surface area contributed by atoms with Gasteiger partial charge in [-0.25, -0.2) is 0 Å². The van der Waals surface area contributed by atoms with Crippen molar-refractivity contribution in [1.82, 2.24) is 10.2 Å². The lowest BCUT2D eigenvalue weighted by Gasteiger charge is -2.35. The third kappa shape index (κ3) is 3.22. The second-order valence-corrected chi connectivity index (χ2v) is 7.74. The van der Waals surface area contributed by atoms with E-state index in [-0.39, 0.29) is 23.8 Å². The van der Waals surface area contributed by atoms with Crippen LogP contribution in [-0.2, 0) is 20.4 Å². The first-order valence-corrected chi connectivity index (χ1v) is 8.99. The Kier molecular flexibility index (Phi) is 4.52. The summed E-state index contributed by atoms with van der Waals surface area (Å²) in [6, 6.07) is 0.0252. The Morgan fingerprint density at radius 1 is 1.45 bits per heavy atom. The Labute approximate surface area is 122 Å². The highest BCUT2D eigenvalue weighted by molar-refractivity contribution is 7.84. The molecule has 0 spiro atoms. The summed E-state index contributed by atoms with van der Waals surface area (Å²) in [5.41, 5.74) is -0.743. The molecule has 0 bridgehead atoms. The van der Waals surface area contributed by atoms with Crippen LogP contribution in [0.2, 0.25) is 0 Å². The molecule has 2 rings (SSSR count). The number of hydrogen-bond acceptors (Lipinski definition) is 3. The second-order valence-electron chi connectivity index (χ2n) is 6.19. The Balaban J connectivity index is 2.13. The van der Waals surface area contributed by atoms with Crippen molar-refractivity contribution in [2.45, 2.75) is 51.1 Å². The van der Waals surface area contributed by atoms with E-state index in [1.165, 1.54) is 0 Å². The monoisotopic (exact) mass is 300 g/mol. The lowest BCUT2D eigenvalue weighted by Crippen LogP contribution is -2.58. The fraction of sp³-hybridized carbons (Fsp3) is 0.857. The summed E-state index contributed by atoms with van der Waals surface area (Å²) in [7, 11) is -0.849. The fourth-order valence-corrected chi connectivity index (χ4v) is 3.55. The van der Waals surface area contributed by atoms with E-state index in [4.69, 9.17) is 0 Å². The summed E-state index contributed by atoms with van der Waals surface area (Å²) in [5.74, 6) is 0.848. The van der Waals surface area contributed by atoms with Gasteiger partial charge in [-0.2, -0.15) is 0 Å². The smallest absolute Gasteiger partial charge is 0.248 e. The quantitative estimate of drug-likeness (QED) is 0.811. The maximum atomic E-state index is 12.8. The number of carbonyl (C=O) groups is 2. The average molecular weight is 300 g/mol. The van der Waals surface area contributed by atoms with Crippen LogP contribution < -0.4 is 5.32 Å². The van der Waals surface area contributed by atoms with E-state index in [0.29, 0.717) is 25.1 Å². The summed E-state index contributed by atoms with van der Waals surface area (Å²) in [6.07, 6.45) is 4.75. The van der Waals surface area contributed by atoms with E-state index in [1.807, 2.05) is 18.7 Å². The molecule has 1 saturated carbocycles. The zero-order chi connectivity index (χ0) is 14.9. The van der Waals surface area contributed by atoms with Crippen molar-refractivity contribution in [2.75, 3.05) is 18.6 Å². The minimum absolute atomic E-state index is 0.0252. The fourth-order valence-electron chi connectivity index (χ4n) is 2.88. The summed E-state index contributed by atoms with van der Waals surface area (Å²) < 4.78 is 11.2. The molecule has 20 heavy (non-hydrogen) atoms. The van der Waals surface area contributed by atoms with E-state index in [2.05, 4.69) is 5.32 Å². The summed E-state index contributed by atoms with van der Waals surface area (Å²) in [5, 5.41) is 2.93. The van der Waals surface area contributed by atoms with Crippen molar-refractivity contribution in [2.24, 2.45) is 5.92 Å². The predicted molar refractivity (Wildman–Crippen MR) is 78.6 cm³/mol. The van der Waals surface area contributed by atoms with Gasteiger partial charge in [-0.3, -0.25) is 13.8 Å². The van der Waals surface area contributed by atoms with Crippen LogP contribution in [0.4, 0.5) is 0 Å². The molecule has 3 atom stereocenters. The first kappa shape index (κ1) is 15.5. The minimum atomic E-state index is -0.849. The van der Waals surface area contributed by atoms with Crippen molar-refractivity contribution < 1.29 is 13.8 Å². The third-order valence-corrected chi connectivity index (χ3v) is 5.24. The van der Waals surface area contributed by atoms with Gasteiger partial charge in [0.25, 0.3) is 0 Å². The molecule has 1 aliphatic heterocycles. The standard InChI is InChI=1S/C14H24N2O3S/c1-10(7-9-20(3)19)16-8-6-12(17)15-14(2,13(16)18)11-4-5-11/h10-11H,4-9H2,1-3H3,(H,15,17). The number of amides is 2. The molecular weight excluding hydrogens is 276 g/mol. The third-order valence-electron chi connectivity index (χ3n) is 4.43. The first-order valence-electron chi connectivity index (χ1n) is 7.26. The van der Waals surface area contributed by atoms with E-state index in [9.17, 15) is 13.8 Å². The lowest BCUT2D eigenvalue weighted by atomic mass is 9.93. The van der Waals surface area contributed by atoms with Crippen molar-refractivity contribution in [1.29, 1.82) is 0 Å². The van der Waals surface area contributed by atoms with Crippen molar-refractivity contribution in [3.63, 3.8) is 0 Å². The topological polar surface area (TPSA) is 66.5 Å². The largest absolute Gasteiger partial charge is 0.342 e. The molecule has 1 aliphatic carbocycles. The van der Waals surface area contributed by atoms with E-state index in [0.717, 1.165) is 12.8 Å². The van der Waals surface area contributed by atoms with Gasteiger partial charge in [0.15, 0.2) is 0 Å². The molecule has 5 nitrogen and oxygen atoms in total. The van der Waals surface area contributed by atoms with Crippen LogP contribution in [-0.4, -0.2) is 51.1 Å². The molecule has 114 valence electrons. The molecule has 2 fully saturated rings. The molecular formula is C14H24N2O3S. The molecule has 0 aromatic carbocycles. The molecule has 0 aromatic rings. The maximum Gasteiger partial charge on any atom is 0.248 e. The van der Waals surface area contributed by atoms with Crippen LogP contribution in [0.1, 0.15) is 39.5 Å². The number of rotatable bonds is 5. The van der Waals surface area contributed by atoms with E-state index in [1.54, 1.807) is 6.26 Å². The molecule has 6 heteroatoms. The lowest BCUT2D eigenvalue weighted by molar-refractivity contribution is -0.140. The van der Waals surface area contributed by atoms with Gasteiger partial charge in [0, 0.05) is 41.8 Å². The summed E-state index contributed by atoms with van der Waals surface area (Å²) >= 11 is 0. The van der Waals surface area contributed by atoms with Gasteiger partial charge in [-0.1, -0.05) is 0 Å². The first-order chi connectivity index (χ1) is 9.34. The Hall–Kier alpha value is -0.910. The van der Waals surface area contributed by atoms with Gasteiger partial charge in [-0.15, -0.1) is 0 Å². The number of hydrogen-bond donors (Lipinski definition) is 1. The Morgan fingerprint density at radius 3 is 2.65 bits per heavy atom.